The van der Waals surface area contributed by atoms with Crippen molar-refractivity contribution in [3.63, 3.8) is 0 Å². The van der Waals surface area contributed by atoms with Crippen LogP contribution < -0.4 is 15.4 Å². The van der Waals surface area contributed by atoms with E-state index in [-0.39, 0.29) is 12.4 Å². The Kier molecular flexibility index (Phi) is 8.94. The third-order valence-corrected chi connectivity index (χ3v) is 4.73. The first-order valence-electron chi connectivity index (χ1n) is 9.58. The fraction of sp³-hybridized carbons (Fsp3) is 0.632. The first-order chi connectivity index (χ1) is 13.8. The number of benzene rings is 1. The molecule has 1 heterocycles. The quantitative estimate of drug-likeness (QED) is 0.293. The van der Waals surface area contributed by atoms with Crippen LogP contribution in [0.3, 0.4) is 0 Å². The number of nitrogens with zero attached hydrogens (tertiary/aromatic N) is 2. The molecule has 0 aromatic heterocycles. The van der Waals surface area contributed by atoms with E-state index in [1.165, 1.54) is 11.0 Å². The Morgan fingerprint density at radius 3 is 2.45 bits per heavy atom. The summed E-state index contributed by atoms with van der Waals surface area (Å²) < 4.78 is 68.6. The fourth-order valence-electron chi connectivity index (χ4n) is 3.21. The molecule has 2 rings (SSSR count). The van der Waals surface area contributed by atoms with E-state index in [9.17, 15) is 22.0 Å². The third kappa shape index (κ3) is 8.84. The summed E-state index contributed by atoms with van der Waals surface area (Å²) in [5.41, 5.74) is 0. The lowest BCUT2D eigenvalue weighted by Gasteiger charge is -2.32. The monoisotopic (exact) mass is 422 g/mol. The molecule has 29 heavy (non-hydrogen) atoms. The highest BCUT2D eigenvalue weighted by Crippen LogP contribution is 2.24. The van der Waals surface area contributed by atoms with E-state index in [0.717, 1.165) is 31.4 Å². The van der Waals surface area contributed by atoms with Gasteiger partial charge in [-0.3, -0.25) is 9.89 Å². The van der Waals surface area contributed by atoms with Gasteiger partial charge in [-0.05, 0) is 50.4 Å². The molecule has 0 bridgehead atoms. The van der Waals surface area contributed by atoms with Crippen LogP contribution in [0.5, 0.6) is 5.75 Å². The first-order valence-corrected chi connectivity index (χ1v) is 9.58. The molecule has 2 N–H and O–H groups in total. The molecule has 0 atom stereocenters. The van der Waals surface area contributed by atoms with Gasteiger partial charge in [-0.15, -0.1) is 0 Å². The SMILES string of the molecule is CN=C(NCCOc1ccc(F)c(F)c1)NCCC1CCN(CC(F)(F)F)CC1. The molecule has 1 aromatic rings. The second kappa shape index (κ2) is 11.2. The highest BCUT2D eigenvalue weighted by Gasteiger charge is 2.32. The van der Waals surface area contributed by atoms with Crippen LogP contribution in [-0.4, -0.2) is 63.4 Å². The third-order valence-electron chi connectivity index (χ3n) is 4.73. The minimum atomic E-state index is -4.14. The highest BCUT2D eigenvalue weighted by molar-refractivity contribution is 5.79. The minimum Gasteiger partial charge on any atom is -0.492 e. The van der Waals surface area contributed by atoms with Gasteiger partial charge in [0.2, 0.25) is 0 Å². The topological polar surface area (TPSA) is 48.9 Å². The molecule has 1 aliphatic rings. The Morgan fingerprint density at radius 2 is 1.83 bits per heavy atom. The number of rotatable bonds is 8. The van der Waals surface area contributed by atoms with Gasteiger partial charge in [-0.1, -0.05) is 0 Å². The molecule has 0 unspecified atom stereocenters. The van der Waals surface area contributed by atoms with Crippen LogP contribution >= 0.6 is 0 Å². The van der Waals surface area contributed by atoms with E-state index in [1.54, 1.807) is 7.05 Å². The van der Waals surface area contributed by atoms with Gasteiger partial charge in [-0.25, -0.2) is 8.78 Å². The zero-order chi connectivity index (χ0) is 21.3. The Balaban J connectivity index is 1.58. The second-order valence-corrected chi connectivity index (χ2v) is 6.97. The summed E-state index contributed by atoms with van der Waals surface area (Å²) >= 11 is 0. The van der Waals surface area contributed by atoms with Gasteiger partial charge in [0.05, 0.1) is 13.1 Å². The van der Waals surface area contributed by atoms with Crippen LogP contribution in [0.4, 0.5) is 22.0 Å². The molecule has 1 fully saturated rings. The van der Waals surface area contributed by atoms with Crippen LogP contribution in [0.25, 0.3) is 0 Å². The number of nitrogens with one attached hydrogen (secondary N) is 2. The van der Waals surface area contributed by atoms with Crippen molar-refractivity contribution in [2.24, 2.45) is 10.9 Å². The maximum Gasteiger partial charge on any atom is 0.401 e. The Labute approximate surface area is 167 Å². The smallest absolute Gasteiger partial charge is 0.401 e. The summed E-state index contributed by atoms with van der Waals surface area (Å²) in [6, 6.07) is 3.35. The van der Waals surface area contributed by atoms with Crippen molar-refractivity contribution in [2.45, 2.75) is 25.4 Å². The van der Waals surface area contributed by atoms with Crippen LogP contribution in [0.15, 0.2) is 23.2 Å². The highest BCUT2D eigenvalue weighted by atomic mass is 19.4. The maximum atomic E-state index is 13.1. The van der Waals surface area contributed by atoms with Crippen molar-refractivity contribution in [3.05, 3.63) is 29.8 Å². The van der Waals surface area contributed by atoms with Gasteiger partial charge in [0, 0.05) is 19.7 Å². The normalized spacial score (nSPS) is 16.7. The minimum absolute atomic E-state index is 0.240. The van der Waals surface area contributed by atoms with Gasteiger partial charge in [-0.2, -0.15) is 13.2 Å². The molecule has 10 heteroatoms. The van der Waals surface area contributed by atoms with Crippen molar-refractivity contribution in [2.75, 3.05) is 46.4 Å². The van der Waals surface area contributed by atoms with Crippen LogP contribution in [0.1, 0.15) is 19.3 Å². The fourth-order valence-corrected chi connectivity index (χ4v) is 3.21. The van der Waals surface area contributed by atoms with Crippen molar-refractivity contribution in [1.29, 1.82) is 0 Å². The van der Waals surface area contributed by atoms with Crippen molar-refractivity contribution >= 4 is 5.96 Å². The zero-order valence-electron chi connectivity index (χ0n) is 16.4. The molecule has 0 spiro atoms. The number of hydrogen-bond donors (Lipinski definition) is 2. The molecule has 0 saturated carbocycles. The molecule has 1 aromatic carbocycles. The van der Waals surface area contributed by atoms with Gasteiger partial charge in [0.1, 0.15) is 12.4 Å². The second-order valence-electron chi connectivity index (χ2n) is 6.97. The summed E-state index contributed by atoms with van der Waals surface area (Å²) in [5, 5.41) is 6.21. The van der Waals surface area contributed by atoms with Gasteiger partial charge >= 0.3 is 6.18 Å². The molecule has 164 valence electrons. The molecular formula is C19H27F5N4O. The lowest BCUT2D eigenvalue weighted by atomic mass is 9.93. The van der Waals surface area contributed by atoms with E-state index >= 15 is 0 Å². The van der Waals surface area contributed by atoms with Crippen LogP contribution in [0.2, 0.25) is 0 Å². The van der Waals surface area contributed by atoms with Gasteiger partial charge < -0.3 is 15.4 Å². The molecule has 0 aliphatic carbocycles. The summed E-state index contributed by atoms with van der Waals surface area (Å²) in [5.74, 6) is -0.677. The zero-order valence-corrected chi connectivity index (χ0v) is 16.4. The number of ether oxygens (including phenoxy) is 1. The first kappa shape index (κ1) is 23.2. The predicted octanol–water partition coefficient (Wildman–Crippen LogP) is 3.17. The average molecular weight is 422 g/mol. The number of guanidine groups is 1. The molecule has 0 amide bonds. The van der Waals surface area contributed by atoms with Crippen molar-refractivity contribution < 1.29 is 26.7 Å². The number of halogens is 5. The predicted molar refractivity (Wildman–Crippen MR) is 101 cm³/mol. The standard InChI is InChI=1S/C19H27F5N4O/c1-25-18(27-8-11-29-15-2-3-16(20)17(21)12-15)26-7-4-14-5-9-28(10-6-14)13-19(22,23)24/h2-3,12,14H,4-11,13H2,1H3,(H2,25,26,27). The molecular weight excluding hydrogens is 395 g/mol. The number of alkyl halides is 3. The Hall–Kier alpha value is -2.10. The molecule has 0 radical (unpaired) electrons. The van der Waals surface area contributed by atoms with E-state index in [1.807, 2.05) is 0 Å². The van der Waals surface area contributed by atoms with E-state index in [4.69, 9.17) is 4.74 Å². The van der Waals surface area contributed by atoms with Crippen molar-refractivity contribution in [1.82, 2.24) is 15.5 Å². The van der Waals surface area contributed by atoms with Gasteiger partial charge in [0.15, 0.2) is 17.6 Å². The molecule has 5 nitrogen and oxygen atoms in total. The van der Waals surface area contributed by atoms with Gasteiger partial charge in [0.25, 0.3) is 0 Å². The summed E-state index contributed by atoms with van der Waals surface area (Å²) in [4.78, 5) is 5.55. The van der Waals surface area contributed by atoms with Crippen molar-refractivity contribution in [3.8, 4) is 5.75 Å². The largest absolute Gasteiger partial charge is 0.492 e. The number of aliphatic imine (C=N–C) groups is 1. The van der Waals surface area contributed by atoms with Crippen LogP contribution in [0, 0.1) is 17.6 Å². The lowest BCUT2D eigenvalue weighted by molar-refractivity contribution is -0.148. The molecule has 1 saturated heterocycles. The molecule has 1 aliphatic heterocycles. The van der Waals surface area contributed by atoms with E-state index in [2.05, 4.69) is 15.6 Å². The summed E-state index contributed by atoms with van der Waals surface area (Å²) in [7, 11) is 1.63. The summed E-state index contributed by atoms with van der Waals surface area (Å²) in [6.07, 6.45) is -1.77. The van der Waals surface area contributed by atoms with E-state index < -0.39 is 24.4 Å². The number of likely N-dealkylation sites (tertiary alicyclic amines) is 1. The summed E-state index contributed by atoms with van der Waals surface area (Å²) in [6.45, 7) is 1.42. The van der Waals surface area contributed by atoms with Crippen LogP contribution in [-0.2, 0) is 0 Å². The Bertz CT molecular complexity index is 660. The number of piperidine rings is 1. The maximum absolute atomic E-state index is 13.1. The average Bonchev–Trinajstić information content (AvgIpc) is 2.66. The number of hydrogen-bond acceptors (Lipinski definition) is 3. The Morgan fingerprint density at radius 1 is 1.14 bits per heavy atom. The van der Waals surface area contributed by atoms with E-state index in [0.29, 0.717) is 38.1 Å². The lowest BCUT2D eigenvalue weighted by Crippen LogP contribution is -2.42.